The second kappa shape index (κ2) is 4.53. The van der Waals surface area contributed by atoms with E-state index in [0.29, 0.717) is 11.4 Å². The van der Waals surface area contributed by atoms with E-state index in [9.17, 15) is 9.59 Å². The third kappa shape index (κ3) is 2.52. The minimum atomic E-state index is -0.500. The molecule has 0 aromatic heterocycles. The van der Waals surface area contributed by atoms with E-state index in [-0.39, 0.29) is 18.4 Å². The monoisotopic (exact) mass is 238 g/mol. The van der Waals surface area contributed by atoms with E-state index < -0.39 is 6.04 Å². The summed E-state index contributed by atoms with van der Waals surface area (Å²) in [6.45, 7) is 0.0604. The molecule has 1 aromatic carbocycles. The number of benzene rings is 1. The van der Waals surface area contributed by atoms with E-state index in [1.165, 1.54) is 0 Å². The van der Waals surface area contributed by atoms with Crippen molar-refractivity contribution in [1.29, 1.82) is 0 Å². The fraction of sp³-hybridized carbons (Fsp3) is 0.273. The Bertz CT molecular complexity index is 434. The lowest BCUT2D eigenvalue weighted by Crippen LogP contribution is -2.56. The van der Waals surface area contributed by atoms with Crippen LogP contribution in [0, 0.1) is 0 Å². The Morgan fingerprint density at radius 3 is 2.94 bits per heavy atom. The zero-order chi connectivity index (χ0) is 11.5. The van der Waals surface area contributed by atoms with Gasteiger partial charge in [-0.1, -0.05) is 23.7 Å². The highest BCUT2D eigenvalue weighted by molar-refractivity contribution is 6.30. The molecule has 0 bridgehead atoms. The predicted molar refractivity (Wildman–Crippen MR) is 60.1 cm³/mol. The summed E-state index contributed by atoms with van der Waals surface area (Å²) in [5, 5.41) is 5.80. The van der Waals surface area contributed by atoms with E-state index in [1.54, 1.807) is 12.1 Å². The minimum Gasteiger partial charge on any atom is -0.345 e. The van der Waals surface area contributed by atoms with Gasteiger partial charge in [-0.15, -0.1) is 0 Å². The number of piperazine rings is 1. The van der Waals surface area contributed by atoms with Gasteiger partial charge in [0, 0.05) is 11.4 Å². The summed E-state index contributed by atoms with van der Waals surface area (Å²) in [4.78, 5) is 22.6. The highest BCUT2D eigenvalue weighted by Crippen LogP contribution is 2.12. The molecular formula is C11H11ClN2O2. The van der Waals surface area contributed by atoms with Crippen molar-refractivity contribution in [3.05, 3.63) is 34.9 Å². The maximum absolute atomic E-state index is 11.5. The lowest BCUT2D eigenvalue weighted by Gasteiger charge is -2.23. The Hall–Kier alpha value is -1.55. The smallest absolute Gasteiger partial charge is 0.243 e. The Morgan fingerprint density at radius 1 is 1.38 bits per heavy atom. The van der Waals surface area contributed by atoms with Gasteiger partial charge in [-0.25, -0.2) is 0 Å². The molecule has 4 nitrogen and oxygen atoms in total. The van der Waals surface area contributed by atoms with Crippen LogP contribution in [0.3, 0.4) is 0 Å². The van der Waals surface area contributed by atoms with Crippen LogP contribution in [-0.4, -0.2) is 24.4 Å². The van der Waals surface area contributed by atoms with E-state index in [0.717, 1.165) is 5.56 Å². The Morgan fingerprint density at radius 2 is 2.19 bits per heavy atom. The molecule has 0 saturated carbocycles. The molecule has 1 aliphatic rings. The van der Waals surface area contributed by atoms with Gasteiger partial charge in [-0.05, 0) is 17.7 Å². The van der Waals surface area contributed by atoms with Crippen molar-refractivity contribution in [3.8, 4) is 0 Å². The van der Waals surface area contributed by atoms with Crippen molar-refractivity contribution in [2.24, 2.45) is 0 Å². The van der Waals surface area contributed by atoms with Crippen molar-refractivity contribution in [2.45, 2.75) is 12.5 Å². The SMILES string of the molecule is O=C1CNC(=O)C(Cc2cccc(Cl)c2)N1. The molecule has 0 radical (unpaired) electrons. The van der Waals surface area contributed by atoms with Crippen LogP contribution >= 0.6 is 11.6 Å². The van der Waals surface area contributed by atoms with Crippen LogP contribution in [0.25, 0.3) is 0 Å². The van der Waals surface area contributed by atoms with Crippen LogP contribution in [-0.2, 0) is 16.0 Å². The molecule has 1 saturated heterocycles. The number of carbonyl (C=O) groups is 2. The number of nitrogens with one attached hydrogen (secondary N) is 2. The van der Waals surface area contributed by atoms with Gasteiger partial charge in [0.15, 0.2) is 0 Å². The van der Waals surface area contributed by atoms with Crippen LogP contribution < -0.4 is 10.6 Å². The Labute approximate surface area is 98.0 Å². The van der Waals surface area contributed by atoms with Gasteiger partial charge in [0.25, 0.3) is 0 Å². The number of amides is 2. The van der Waals surface area contributed by atoms with Crippen LogP contribution in [0.1, 0.15) is 5.56 Å². The molecule has 1 aliphatic heterocycles. The fourth-order valence-electron chi connectivity index (χ4n) is 1.64. The van der Waals surface area contributed by atoms with Crippen molar-refractivity contribution in [2.75, 3.05) is 6.54 Å². The summed E-state index contributed by atoms with van der Waals surface area (Å²) in [5.74, 6) is -0.314. The number of rotatable bonds is 2. The third-order valence-electron chi connectivity index (χ3n) is 2.40. The first kappa shape index (κ1) is 11.0. The molecule has 2 rings (SSSR count). The average molecular weight is 239 g/mol. The summed E-state index contributed by atoms with van der Waals surface area (Å²) in [5.41, 5.74) is 0.926. The zero-order valence-electron chi connectivity index (χ0n) is 8.50. The maximum Gasteiger partial charge on any atom is 0.243 e. The zero-order valence-corrected chi connectivity index (χ0v) is 9.25. The second-order valence-electron chi connectivity index (χ2n) is 3.67. The summed E-state index contributed by atoms with van der Waals surface area (Å²) in [7, 11) is 0. The van der Waals surface area contributed by atoms with E-state index in [2.05, 4.69) is 10.6 Å². The molecular weight excluding hydrogens is 228 g/mol. The van der Waals surface area contributed by atoms with Gasteiger partial charge in [-0.3, -0.25) is 9.59 Å². The van der Waals surface area contributed by atoms with Crippen molar-refractivity contribution in [1.82, 2.24) is 10.6 Å². The molecule has 1 heterocycles. The molecule has 2 N–H and O–H groups in total. The number of hydrogen-bond acceptors (Lipinski definition) is 2. The molecule has 0 spiro atoms. The van der Waals surface area contributed by atoms with E-state index in [1.807, 2.05) is 12.1 Å². The van der Waals surface area contributed by atoms with Gasteiger partial charge < -0.3 is 10.6 Å². The van der Waals surface area contributed by atoms with E-state index in [4.69, 9.17) is 11.6 Å². The van der Waals surface area contributed by atoms with E-state index >= 15 is 0 Å². The van der Waals surface area contributed by atoms with Crippen LogP contribution in [0.2, 0.25) is 5.02 Å². The maximum atomic E-state index is 11.5. The molecule has 2 amide bonds. The van der Waals surface area contributed by atoms with Crippen molar-refractivity contribution >= 4 is 23.4 Å². The topological polar surface area (TPSA) is 58.2 Å². The van der Waals surface area contributed by atoms with Crippen molar-refractivity contribution in [3.63, 3.8) is 0 Å². The molecule has 16 heavy (non-hydrogen) atoms. The lowest BCUT2D eigenvalue weighted by molar-refractivity contribution is -0.133. The van der Waals surface area contributed by atoms with Crippen LogP contribution in [0.15, 0.2) is 24.3 Å². The summed E-state index contributed by atoms with van der Waals surface area (Å²) in [6.07, 6.45) is 0.456. The van der Waals surface area contributed by atoms with Gasteiger partial charge in [-0.2, -0.15) is 0 Å². The van der Waals surface area contributed by atoms with Gasteiger partial charge >= 0.3 is 0 Å². The summed E-state index contributed by atoms with van der Waals surface area (Å²) >= 11 is 5.84. The van der Waals surface area contributed by atoms with Crippen molar-refractivity contribution < 1.29 is 9.59 Å². The van der Waals surface area contributed by atoms with Gasteiger partial charge in [0.1, 0.15) is 6.04 Å². The molecule has 1 atom stereocenters. The average Bonchev–Trinajstić information content (AvgIpc) is 2.24. The Balaban J connectivity index is 2.08. The lowest BCUT2D eigenvalue weighted by atomic mass is 10.0. The minimum absolute atomic E-state index is 0.0604. The molecule has 1 aromatic rings. The summed E-state index contributed by atoms with van der Waals surface area (Å²) < 4.78 is 0. The Kier molecular flexibility index (Phi) is 3.10. The molecule has 84 valence electrons. The van der Waals surface area contributed by atoms with Crippen LogP contribution in [0.4, 0.5) is 0 Å². The predicted octanol–water partition coefficient (Wildman–Crippen LogP) is 0.497. The van der Waals surface area contributed by atoms with Gasteiger partial charge in [0.05, 0.1) is 6.54 Å². The molecule has 0 aliphatic carbocycles. The second-order valence-corrected chi connectivity index (χ2v) is 4.11. The first-order chi connectivity index (χ1) is 7.65. The van der Waals surface area contributed by atoms with Crippen LogP contribution in [0.5, 0.6) is 0 Å². The van der Waals surface area contributed by atoms with Gasteiger partial charge in [0.2, 0.25) is 11.8 Å². The quantitative estimate of drug-likeness (QED) is 0.788. The number of hydrogen-bond donors (Lipinski definition) is 2. The highest BCUT2D eigenvalue weighted by atomic mass is 35.5. The summed E-state index contributed by atoms with van der Waals surface area (Å²) in [6, 6.07) is 6.75. The standard InChI is InChI=1S/C11H11ClN2O2/c12-8-3-1-2-7(4-8)5-9-11(16)13-6-10(15)14-9/h1-4,9H,5-6H2,(H,13,16)(H,14,15). The fourth-order valence-corrected chi connectivity index (χ4v) is 1.86. The molecule has 1 unspecified atom stereocenters. The number of carbonyl (C=O) groups excluding carboxylic acids is 2. The third-order valence-corrected chi connectivity index (χ3v) is 2.64. The number of halogens is 1. The first-order valence-electron chi connectivity index (χ1n) is 4.96. The largest absolute Gasteiger partial charge is 0.345 e. The highest BCUT2D eigenvalue weighted by Gasteiger charge is 2.25. The molecule has 5 heteroatoms. The first-order valence-corrected chi connectivity index (χ1v) is 5.34. The normalized spacial score (nSPS) is 20.2. The molecule has 1 fully saturated rings.